The first-order valence-electron chi connectivity index (χ1n) is 9.79. The molecule has 0 atom stereocenters. The number of imidazole rings is 2. The van der Waals surface area contributed by atoms with E-state index in [1.54, 1.807) is 25.0 Å². The number of nitrogens with zero attached hydrogens (tertiary/aromatic N) is 3. The van der Waals surface area contributed by atoms with Crippen LogP contribution in [-0.4, -0.2) is 26.2 Å². The molecule has 27 heavy (non-hydrogen) atoms. The van der Waals surface area contributed by atoms with Gasteiger partial charge in [-0.1, -0.05) is 52.7 Å². The summed E-state index contributed by atoms with van der Waals surface area (Å²) >= 11 is 0. The van der Waals surface area contributed by atoms with Crippen LogP contribution < -0.4 is 0 Å². The van der Waals surface area contributed by atoms with E-state index in [4.69, 9.17) is 0 Å². The minimum Gasteiger partial charge on any atom is -0.351 e. The maximum atomic E-state index is 4.28. The van der Waals surface area contributed by atoms with E-state index in [0.29, 0.717) is 0 Å². The van der Waals surface area contributed by atoms with E-state index in [1.807, 2.05) is 12.4 Å². The fourth-order valence-electron chi connectivity index (χ4n) is 2.06. The number of unbranched alkanes of at least 4 members (excludes halogenated alkanes) is 1. The molecule has 3 aromatic rings. The van der Waals surface area contributed by atoms with Gasteiger partial charge in [-0.2, -0.15) is 0 Å². The molecule has 0 bridgehead atoms. The molecule has 5 heteroatoms. The number of hydrogen-bond acceptors (Lipinski definition) is 3. The largest absolute Gasteiger partial charge is 0.351 e. The number of aliphatic imine (C=N–C) groups is 1. The van der Waals surface area contributed by atoms with Gasteiger partial charge in [0.05, 0.1) is 18.3 Å². The van der Waals surface area contributed by atoms with Gasteiger partial charge in [0, 0.05) is 36.9 Å². The van der Waals surface area contributed by atoms with E-state index in [2.05, 4.69) is 70.8 Å². The third-order valence-corrected chi connectivity index (χ3v) is 3.94. The third-order valence-electron chi connectivity index (χ3n) is 3.94. The molecule has 0 saturated heterocycles. The van der Waals surface area contributed by atoms with Crippen LogP contribution in [0.1, 0.15) is 57.4 Å². The van der Waals surface area contributed by atoms with Crippen LogP contribution >= 0.6 is 0 Å². The average Bonchev–Trinajstić information content (AvgIpc) is 3.51. The summed E-state index contributed by atoms with van der Waals surface area (Å²) in [5.41, 5.74) is 5.11. The normalized spacial score (nSPS) is 10.5. The zero-order valence-corrected chi connectivity index (χ0v) is 17.1. The number of aromatic nitrogens is 4. The third kappa shape index (κ3) is 9.54. The van der Waals surface area contributed by atoms with Crippen LogP contribution in [0, 0.1) is 0 Å². The molecule has 0 spiro atoms. The maximum Gasteiger partial charge on any atom is 0.0921 e. The molecule has 1 aliphatic heterocycles. The first-order valence-corrected chi connectivity index (χ1v) is 9.79. The summed E-state index contributed by atoms with van der Waals surface area (Å²) in [7, 11) is 0. The van der Waals surface area contributed by atoms with Crippen molar-refractivity contribution in [2.24, 2.45) is 4.99 Å². The van der Waals surface area contributed by atoms with Gasteiger partial charge in [0.25, 0.3) is 0 Å². The summed E-state index contributed by atoms with van der Waals surface area (Å²) in [6.45, 7) is 8.62. The zero-order chi connectivity index (χ0) is 19.7. The van der Waals surface area contributed by atoms with Gasteiger partial charge >= 0.3 is 0 Å². The van der Waals surface area contributed by atoms with Gasteiger partial charge in [-0.3, -0.25) is 4.99 Å². The number of benzene rings is 1. The number of aryl methyl sites for hydroxylation is 2. The van der Waals surface area contributed by atoms with E-state index in [0.717, 1.165) is 19.3 Å². The molecule has 1 aromatic carbocycles. The number of nitrogens with one attached hydrogen (secondary N) is 2. The number of hydrogen-bond donors (Lipinski definition) is 2. The van der Waals surface area contributed by atoms with Crippen molar-refractivity contribution in [3.8, 4) is 0 Å². The lowest BCUT2D eigenvalue weighted by Gasteiger charge is -1.99. The van der Waals surface area contributed by atoms with Crippen LogP contribution in [-0.2, 0) is 19.3 Å². The Morgan fingerprint density at radius 3 is 2.22 bits per heavy atom. The Bertz CT molecular complexity index is 696. The Hall–Kier alpha value is -2.69. The maximum absolute atomic E-state index is 4.28. The highest BCUT2D eigenvalue weighted by molar-refractivity contribution is 5.75. The Morgan fingerprint density at radius 1 is 0.963 bits per heavy atom. The molecule has 1 aliphatic rings. The highest BCUT2D eigenvalue weighted by Gasteiger charge is 2.05. The van der Waals surface area contributed by atoms with E-state index in [-0.39, 0.29) is 0 Å². The van der Waals surface area contributed by atoms with Crippen molar-refractivity contribution >= 4 is 11.9 Å². The molecule has 0 unspecified atom stereocenters. The van der Waals surface area contributed by atoms with Gasteiger partial charge in [0.2, 0.25) is 0 Å². The second kappa shape index (κ2) is 14.5. The number of rotatable bonds is 3. The monoisotopic (exact) mass is 367 g/mol. The number of fused-ring (bicyclic) bond motifs is 1. The molecule has 0 radical (unpaired) electrons. The van der Waals surface area contributed by atoms with Crippen LogP contribution in [0.5, 0.6) is 0 Å². The summed E-state index contributed by atoms with van der Waals surface area (Å²) in [5.74, 6) is 0. The van der Waals surface area contributed by atoms with E-state index >= 15 is 0 Å². The lowest BCUT2D eigenvalue weighted by Crippen LogP contribution is -1.82. The van der Waals surface area contributed by atoms with Gasteiger partial charge < -0.3 is 9.97 Å². The van der Waals surface area contributed by atoms with Crippen molar-refractivity contribution in [2.45, 2.75) is 59.8 Å². The minimum atomic E-state index is 1.01. The summed E-state index contributed by atoms with van der Waals surface area (Å²) in [6.07, 6.45) is 16.4. The Labute approximate surface area is 163 Å². The molecule has 146 valence electrons. The predicted octanol–water partition coefficient (Wildman–Crippen LogP) is 5.70. The van der Waals surface area contributed by atoms with Gasteiger partial charge in [-0.15, -0.1) is 0 Å². The molecule has 2 N–H and O–H groups in total. The van der Waals surface area contributed by atoms with E-state index < -0.39 is 0 Å². The first-order chi connectivity index (χ1) is 13.2. The van der Waals surface area contributed by atoms with Crippen LogP contribution in [0.25, 0.3) is 0 Å². The summed E-state index contributed by atoms with van der Waals surface area (Å²) in [5, 5.41) is 0. The summed E-state index contributed by atoms with van der Waals surface area (Å²) in [6, 6.07) is 6.55. The van der Waals surface area contributed by atoms with Gasteiger partial charge in [-0.25, -0.2) is 9.97 Å². The summed E-state index contributed by atoms with van der Waals surface area (Å²) in [4.78, 5) is 17.5. The number of H-pyrrole nitrogens is 2. The molecule has 0 fully saturated rings. The Balaban J connectivity index is 0.000000197. The van der Waals surface area contributed by atoms with Gasteiger partial charge in [0.15, 0.2) is 0 Å². The van der Waals surface area contributed by atoms with E-state index in [9.17, 15) is 0 Å². The predicted molar refractivity (Wildman–Crippen MR) is 115 cm³/mol. The van der Waals surface area contributed by atoms with Crippen molar-refractivity contribution in [2.75, 3.05) is 0 Å². The van der Waals surface area contributed by atoms with Crippen molar-refractivity contribution < 1.29 is 0 Å². The molecule has 0 aliphatic carbocycles. The van der Waals surface area contributed by atoms with E-state index in [1.165, 1.54) is 35.3 Å². The minimum absolute atomic E-state index is 1.01. The van der Waals surface area contributed by atoms with Gasteiger partial charge in [-0.05, 0) is 30.0 Å². The molecular formula is C22H33N5. The van der Waals surface area contributed by atoms with Crippen LogP contribution in [0.2, 0.25) is 0 Å². The molecule has 0 saturated carbocycles. The first kappa shape index (κ1) is 22.4. The number of aromatic amines is 2. The van der Waals surface area contributed by atoms with Crippen molar-refractivity contribution in [3.63, 3.8) is 0 Å². The topological polar surface area (TPSA) is 69.7 Å². The summed E-state index contributed by atoms with van der Waals surface area (Å²) < 4.78 is 0. The molecule has 3 heterocycles. The Morgan fingerprint density at radius 2 is 1.78 bits per heavy atom. The van der Waals surface area contributed by atoms with Crippen LogP contribution in [0.4, 0.5) is 5.69 Å². The lowest BCUT2D eigenvalue weighted by atomic mass is 10.1. The average molecular weight is 368 g/mol. The quantitative estimate of drug-likeness (QED) is 0.624. The molecule has 5 nitrogen and oxygen atoms in total. The van der Waals surface area contributed by atoms with Crippen molar-refractivity contribution in [1.82, 2.24) is 19.9 Å². The fraction of sp³-hybridized carbons (Fsp3) is 0.409. The zero-order valence-electron chi connectivity index (χ0n) is 17.1. The highest BCUT2D eigenvalue weighted by Crippen LogP contribution is 2.25. The SMILES string of the molecule is CCCC.CCc1ccc2c(c1)N=CC2.CCc1cnc[nH]1.c1c[nH]cn1. The van der Waals surface area contributed by atoms with Gasteiger partial charge in [0.1, 0.15) is 0 Å². The van der Waals surface area contributed by atoms with Crippen LogP contribution in [0.15, 0.2) is 54.4 Å². The lowest BCUT2D eigenvalue weighted by molar-refractivity contribution is 0.886. The van der Waals surface area contributed by atoms with Crippen molar-refractivity contribution in [1.29, 1.82) is 0 Å². The molecule has 0 amide bonds. The molecular weight excluding hydrogens is 334 g/mol. The fourth-order valence-corrected chi connectivity index (χ4v) is 2.06. The highest BCUT2D eigenvalue weighted by atomic mass is 14.9. The second-order valence-electron chi connectivity index (χ2n) is 6.02. The van der Waals surface area contributed by atoms with Crippen LogP contribution in [0.3, 0.4) is 0 Å². The smallest absolute Gasteiger partial charge is 0.0921 e. The Kier molecular flexibility index (Phi) is 12.0. The molecule has 2 aromatic heterocycles. The standard InChI is InChI=1S/C10H11N.C5H8N2.C4H10.C3H4N2/c1-2-8-3-4-9-5-6-11-10(9)7-8;1-2-5-3-6-4-7-5;1-3-4-2;1-2-5-3-4-1/h3-4,6-7H,2,5H2,1H3;3-4H,2H2,1H3,(H,6,7);3-4H2,1-2H3;1-3H,(H,4,5). The molecule has 4 rings (SSSR count). The van der Waals surface area contributed by atoms with Crippen molar-refractivity contribution in [3.05, 3.63) is 66.3 Å². The second-order valence-corrected chi connectivity index (χ2v) is 6.02.